The second kappa shape index (κ2) is 10.5. The van der Waals surface area contributed by atoms with E-state index in [0.29, 0.717) is 39.6 Å². The SMILES string of the molecule is COc1ccc(Cl)cc1NC(=O)Nc1ccc(Nc2cc(Nc3cc(C)ccn3)ncn2)cc1. The van der Waals surface area contributed by atoms with Crippen LogP contribution in [0.15, 0.2) is 73.2 Å². The smallest absolute Gasteiger partial charge is 0.323 e. The molecule has 0 radical (unpaired) electrons. The Bertz CT molecular complexity index is 1300. The molecule has 172 valence electrons. The zero-order valence-corrected chi connectivity index (χ0v) is 19.2. The minimum absolute atomic E-state index is 0.419. The van der Waals surface area contributed by atoms with Crippen molar-refractivity contribution in [3.8, 4) is 5.75 Å². The van der Waals surface area contributed by atoms with Crippen molar-refractivity contribution < 1.29 is 9.53 Å². The fourth-order valence-corrected chi connectivity index (χ4v) is 3.25. The summed E-state index contributed by atoms with van der Waals surface area (Å²) in [5, 5.41) is 12.4. The molecule has 4 rings (SSSR count). The molecule has 0 aliphatic carbocycles. The van der Waals surface area contributed by atoms with Gasteiger partial charge in [-0.05, 0) is 67.1 Å². The number of nitrogens with zero attached hydrogens (tertiary/aromatic N) is 3. The maximum absolute atomic E-state index is 12.4. The van der Waals surface area contributed by atoms with E-state index in [1.165, 1.54) is 13.4 Å². The number of benzene rings is 2. The molecule has 2 amide bonds. The Balaban J connectivity index is 1.37. The number of amides is 2. The lowest BCUT2D eigenvalue weighted by atomic mass is 10.2. The molecule has 10 heteroatoms. The number of rotatable bonds is 7. The second-order valence-corrected chi connectivity index (χ2v) is 7.69. The van der Waals surface area contributed by atoms with Crippen LogP contribution < -0.4 is 26.0 Å². The van der Waals surface area contributed by atoms with E-state index in [-0.39, 0.29) is 0 Å². The van der Waals surface area contributed by atoms with Gasteiger partial charge in [-0.2, -0.15) is 0 Å². The number of urea groups is 1. The van der Waals surface area contributed by atoms with Crippen LogP contribution in [-0.4, -0.2) is 28.1 Å². The van der Waals surface area contributed by atoms with E-state index < -0.39 is 6.03 Å². The molecule has 4 N–H and O–H groups in total. The Labute approximate surface area is 201 Å². The first-order valence-corrected chi connectivity index (χ1v) is 10.7. The molecule has 0 bridgehead atoms. The Morgan fingerprint density at radius 3 is 2.26 bits per heavy atom. The van der Waals surface area contributed by atoms with Gasteiger partial charge in [-0.1, -0.05) is 11.6 Å². The zero-order chi connectivity index (χ0) is 23.9. The lowest BCUT2D eigenvalue weighted by Gasteiger charge is -2.12. The molecule has 2 heterocycles. The standard InChI is InChI=1S/C24H22ClN7O2/c1-15-9-10-26-21(11-15)32-23-13-22(27-14-28-23)29-17-4-6-18(7-5-17)30-24(33)31-19-12-16(25)3-8-20(19)34-2/h3-14H,1-2H3,(H2,30,31,33)(H2,26,27,28,29,32). The summed E-state index contributed by atoms with van der Waals surface area (Å²) >= 11 is 6.01. The molecular weight excluding hydrogens is 454 g/mol. The third-order valence-corrected chi connectivity index (χ3v) is 4.90. The first kappa shape index (κ1) is 22.8. The normalized spacial score (nSPS) is 10.3. The molecule has 0 fully saturated rings. The minimum Gasteiger partial charge on any atom is -0.495 e. The third kappa shape index (κ3) is 6.11. The summed E-state index contributed by atoms with van der Waals surface area (Å²) in [6.07, 6.45) is 3.20. The zero-order valence-electron chi connectivity index (χ0n) is 18.5. The van der Waals surface area contributed by atoms with Gasteiger partial charge >= 0.3 is 6.03 Å². The second-order valence-electron chi connectivity index (χ2n) is 7.26. The van der Waals surface area contributed by atoms with Gasteiger partial charge in [0, 0.05) is 28.7 Å². The molecule has 0 saturated heterocycles. The van der Waals surface area contributed by atoms with Gasteiger partial charge in [0.25, 0.3) is 0 Å². The van der Waals surface area contributed by atoms with E-state index in [0.717, 1.165) is 11.3 Å². The molecule has 0 spiro atoms. The topological polar surface area (TPSA) is 113 Å². The average molecular weight is 476 g/mol. The number of anilines is 6. The molecule has 9 nitrogen and oxygen atoms in total. The Morgan fingerprint density at radius 2 is 1.53 bits per heavy atom. The summed E-state index contributed by atoms with van der Waals surface area (Å²) in [5.74, 6) is 2.43. The van der Waals surface area contributed by atoms with Gasteiger partial charge in [0.05, 0.1) is 12.8 Å². The highest BCUT2D eigenvalue weighted by Gasteiger charge is 2.09. The molecule has 4 aromatic rings. The van der Waals surface area contributed by atoms with Gasteiger partial charge in [-0.3, -0.25) is 0 Å². The van der Waals surface area contributed by atoms with Crippen molar-refractivity contribution in [1.29, 1.82) is 0 Å². The molecule has 34 heavy (non-hydrogen) atoms. The molecule has 2 aromatic heterocycles. The number of hydrogen-bond donors (Lipinski definition) is 4. The largest absolute Gasteiger partial charge is 0.495 e. The van der Waals surface area contributed by atoms with E-state index in [9.17, 15) is 4.79 Å². The molecule has 0 aliphatic heterocycles. The van der Waals surface area contributed by atoms with Crippen molar-refractivity contribution in [3.05, 3.63) is 83.8 Å². The van der Waals surface area contributed by atoms with Crippen LogP contribution in [0.5, 0.6) is 5.75 Å². The lowest BCUT2D eigenvalue weighted by molar-refractivity contribution is 0.262. The maximum atomic E-state index is 12.4. The summed E-state index contributed by atoms with van der Waals surface area (Å²) in [4.78, 5) is 25.1. The van der Waals surface area contributed by atoms with E-state index in [1.807, 2.05) is 31.2 Å². The monoisotopic (exact) mass is 475 g/mol. The van der Waals surface area contributed by atoms with Crippen molar-refractivity contribution >= 4 is 52.1 Å². The van der Waals surface area contributed by atoms with Crippen molar-refractivity contribution in [2.24, 2.45) is 0 Å². The van der Waals surface area contributed by atoms with Crippen LogP contribution >= 0.6 is 11.6 Å². The first-order chi connectivity index (χ1) is 16.5. The maximum Gasteiger partial charge on any atom is 0.323 e. The number of aryl methyl sites for hydroxylation is 1. The van der Waals surface area contributed by atoms with Crippen molar-refractivity contribution in [2.45, 2.75) is 6.92 Å². The number of nitrogens with one attached hydrogen (secondary N) is 4. The minimum atomic E-state index is -0.419. The highest BCUT2D eigenvalue weighted by Crippen LogP contribution is 2.28. The van der Waals surface area contributed by atoms with Crippen LogP contribution in [0.3, 0.4) is 0 Å². The predicted octanol–water partition coefficient (Wildman–Crippen LogP) is 5.97. The van der Waals surface area contributed by atoms with E-state index in [2.05, 4.69) is 36.2 Å². The number of carbonyl (C=O) groups excluding carboxylic acids is 1. The van der Waals surface area contributed by atoms with Crippen LogP contribution in [0.2, 0.25) is 5.02 Å². The summed E-state index contributed by atoms with van der Waals surface area (Å²) in [5.41, 5.74) is 2.97. The van der Waals surface area contributed by atoms with Gasteiger partial charge in [0.2, 0.25) is 0 Å². The number of hydrogen-bond acceptors (Lipinski definition) is 7. The fraction of sp³-hybridized carbons (Fsp3) is 0.0833. The summed E-state index contributed by atoms with van der Waals surface area (Å²) in [7, 11) is 1.52. The van der Waals surface area contributed by atoms with E-state index in [1.54, 1.807) is 42.6 Å². The number of carbonyl (C=O) groups is 1. The van der Waals surface area contributed by atoms with Gasteiger partial charge in [-0.25, -0.2) is 19.7 Å². The molecule has 0 saturated carbocycles. The number of aromatic nitrogens is 3. The predicted molar refractivity (Wildman–Crippen MR) is 135 cm³/mol. The number of ether oxygens (including phenoxy) is 1. The highest BCUT2D eigenvalue weighted by molar-refractivity contribution is 6.31. The number of halogens is 1. The van der Waals surface area contributed by atoms with E-state index in [4.69, 9.17) is 16.3 Å². The van der Waals surface area contributed by atoms with Crippen LogP contribution in [0.1, 0.15) is 5.56 Å². The number of methoxy groups -OCH3 is 1. The summed E-state index contributed by atoms with van der Waals surface area (Å²) < 4.78 is 5.24. The van der Waals surface area contributed by atoms with Crippen molar-refractivity contribution in [2.75, 3.05) is 28.4 Å². The molecular formula is C24H22ClN7O2. The van der Waals surface area contributed by atoms with Gasteiger partial charge in [0.15, 0.2) is 0 Å². The average Bonchev–Trinajstić information content (AvgIpc) is 2.81. The summed E-state index contributed by atoms with van der Waals surface area (Å²) in [6, 6.07) is 17.4. The van der Waals surface area contributed by atoms with Crippen molar-refractivity contribution in [1.82, 2.24) is 15.0 Å². The van der Waals surface area contributed by atoms with Crippen LogP contribution in [-0.2, 0) is 0 Å². The third-order valence-electron chi connectivity index (χ3n) is 4.66. The van der Waals surface area contributed by atoms with Crippen LogP contribution in [0, 0.1) is 6.92 Å². The Hall–Kier alpha value is -4.37. The highest BCUT2D eigenvalue weighted by atomic mass is 35.5. The number of pyridine rings is 1. The fourth-order valence-electron chi connectivity index (χ4n) is 3.08. The first-order valence-electron chi connectivity index (χ1n) is 10.3. The molecule has 0 unspecified atom stereocenters. The van der Waals surface area contributed by atoms with Gasteiger partial charge < -0.3 is 26.0 Å². The lowest BCUT2D eigenvalue weighted by Crippen LogP contribution is -2.19. The Kier molecular flexibility index (Phi) is 7.04. The van der Waals surface area contributed by atoms with Crippen LogP contribution in [0.4, 0.5) is 39.3 Å². The van der Waals surface area contributed by atoms with E-state index >= 15 is 0 Å². The van der Waals surface area contributed by atoms with Gasteiger partial charge in [0.1, 0.15) is 29.5 Å². The summed E-state index contributed by atoms with van der Waals surface area (Å²) in [6.45, 7) is 2.00. The quantitative estimate of drug-likeness (QED) is 0.260. The Morgan fingerprint density at radius 1 is 0.824 bits per heavy atom. The van der Waals surface area contributed by atoms with Crippen LogP contribution in [0.25, 0.3) is 0 Å². The van der Waals surface area contributed by atoms with Gasteiger partial charge in [-0.15, -0.1) is 0 Å². The van der Waals surface area contributed by atoms with Crippen molar-refractivity contribution in [3.63, 3.8) is 0 Å². The molecule has 2 aromatic carbocycles. The molecule has 0 aliphatic rings. The molecule has 0 atom stereocenters.